The van der Waals surface area contributed by atoms with Crippen molar-refractivity contribution in [2.75, 3.05) is 0 Å². The van der Waals surface area contributed by atoms with Crippen molar-refractivity contribution in [2.45, 2.75) is 27.3 Å². The van der Waals surface area contributed by atoms with Crippen molar-refractivity contribution in [2.24, 2.45) is 4.99 Å². The third kappa shape index (κ3) is 4.03. The molecule has 0 saturated carbocycles. The van der Waals surface area contributed by atoms with E-state index in [9.17, 15) is 14.9 Å². The Labute approximate surface area is 160 Å². The van der Waals surface area contributed by atoms with Gasteiger partial charge in [-0.2, -0.15) is 4.99 Å². The van der Waals surface area contributed by atoms with Gasteiger partial charge in [-0.05, 0) is 61.7 Å². The Morgan fingerprint density at radius 2 is 1.96 bits per heavy atom. The Morgan fingerprint density at radius 1 is 1.26 bits per heavy atom. The van der Waals surface area contributed by atoms with Gasteiger partial charge in [0.15, 0.2) is 4.80 Å². The van der Waals surface area contributed by atoms with Gasteiger partial charge in [0.1, 0.15) is 0 Å². The lowest BCUT2D eigenvalue weighted by Crippen LogP contribution is -2.15. The highest BCUT2D eigenvalue weighted by molar-refractivity contribution is 7.16. The van der Waals surface area contributed by atoms with Crippen LogP contribution in [0, 0.1) is 24.0 Å². The van der Waals surface area contributed by atoms with Gasteiger partial charge < -0.3 is 4.57 Å². The fourth-order valence-corrected chi connectivity index (χ4v) is 4.06. The van der Waals surface area contributed by atoms with Crippen molar-refractivity contribution in [1.82, 2.24) is 4.57 Å². The molecule has 0 fully saturated rings. The van der Waals surface area contributed by atoms with E-state index in [1.165, 1.54) is 40.7 Å². The summed E-state index contributed by atoms with van der Waals surface area (Å²) in [6, 6.07) is 10.2. The first kappa shape index (κ1) is 18.7. The Hall–Kier alpha value is -3.06. The van der Waals surface area contributed by atoms with Crippen LogP contribution in [0.5, 0.6) is 0 Å². The molecule has 0 N–H and O–H groups in total. The second kappa shape index (κ2) is 7.67. The Morgan fingerprint density at radius 3 is 2.59 bits per heavy atom. The Bertz CT molecular complexity index is 1120. The highest BCUT2D eigenvalue weighted by atomic mass is 32.1. The molecule has 0 aliphatic heterocycles. The number of nitro benzene ring substituents is 1. The quantitative estimate of drug-likeness (QED) is 0.382. The van der Waals surface area contributed by atoms with E-state index in [0.717, 1.165) is 16.8 Å². The SMILES string of the molecule is CCn1c(=NC(=O)/C=C\c2ccc([N+](=O)[O-])cc2)sc2c(C)cc(C)cc21. The highest BCUT2D eigenvalue weighted by Crippen LogP contribution is 2.23. The van der Waals surface area contributed by atoms with E-state index in [1.54, 1.807) is 18.2 Å². The molecule has 0 unspecified atom stereocenters. The summed E-state index contributed by atoms with van der Waals surface area (Å²) in [7, 11) is 0. The number of aryl methyl sites for hydroxylation is 3. The lowest BCUT2D eigenvalue weighted by Gasteiger charge is -2.02. The van der Waals surface area contributed by atoms with Crippen LogP contribution in [0.1, 0.15) is 23.6 Å². The summed E-state index contributed by atoms with van der Waals surface area (Å²) < 4.78 is 3.17. The van der Waals surface area contributed by atoms with Crippen LogP contribution in [0.15, 0.2) is 47.5 Å². The number of carbonyl (C=O) groups excluding carboxylic acids is 1. The fourth-order valence-electron chi connectivity index (χ4n) is 2.91. The number of carbonyl (C=O) groups is 1. The summed E-state index contributed by atoms with van der Waals surface area (Å²) >= 11 is 1.51. The summed E-state index contributed by atoms with van der Waals surface area (Å²) in [6.45, 7) is 6.87. The van der Waals surface area contributed by atoms with Crippen molar-refractivity contribution in [3.63, 3.8) is 0 Å². The van der Waals surface area contributed by atoms with E-state index in [-0.39, 0.29) is 11.6 Å². The molecule has 0 spiro atoms. The van der Waals surface area contributed by atoms with Crippen LogP contribution < -0.4 is 4.80 Å². The van der Waals surface area contributed by atoms with Crippen molar-refractivity contribution >= 4 is 39.2 Å². The highest BCUT2D eigenvalue weighted by Gasteiger charge is 2.09. The summed E-state index contributed by atoms with van der Waals surface area (Å²) in [5, 5.41) is 10.7. The maximum atomic E-state index is 12.3. The zero-order chi connectivity index (χ0) is 19.6. The number of benzene rings is 2. The number of hydrogen-bond acceptors (Lipinski definition) is 4. The topological polar surface area (TPSA) is 77.5 Å². The van der Waals surface area contributed by atoms with Crippen LogP contribution in [0.4, 0.5) is 5.69 Å². The van der Waals surface area contributed by atoms with Gasteiger partial charge in [-0.3, -0.25) is 14.9 Å². The van der Waals surface area contributed by atoms with Crippen molar-refractivity contribution in [3.05, 3.63) is 74.1 Å². The van der Waals surface area contributed by atoms with E-state index in [2.05, 4.69) is 31.0 Å². The molecule has 0 bridgehead atoms. The molecule has 2 aromatic carbocycles. The second-order valence-corrected chi connectivity index (χ2v) is 7.17. The van der Waals surface area contributed by atoms with Gasteiger partial charge >= 0.3 is 0 Å². The van der Waals surface area contributed by atoms with Crippen LogP contribution in [-0.4, -0.2) is 15.4 Å². The number of rotatable bonds is 4. The molecule has 0 radical (unpaired) electrons. The monoisotopic (exact) mass is 381 g/mol. The lowest BCUT2D eigenvalue weighted by molar-refractivity contribution is -0.384. The summed E-state index contributed by atoms with van der Waals surface area (Å²) in [6.07, 6.45) is 2.98. The molecule has 6 nitrogen and oxygen atoms in total. The number of aromatic nitrogens is 1. The summed E-state index contributed by atoms with van der Waals surface area (Å²) in [4.78, 5) is 27.4. The van der Waals surface area contributed by atoms with Crippen LogP contribution in [0.3, 0.4) is 0 Å². The first-order valence-electron chi connectivity index (χ1n) is 8.51. The average molecular weight is 381 g/mol. The van der Waals surface area contributed by atoms with Crippen LogP contribution >= 0.6 is 11.3 Å². The molecule has 0 aliphatic carbocycles. The molecule has 0 aliphatic rings. The molecule has 3 aromatic rings. The molecule has 1 amide bonds. The fraction of sp³-hybridized carbons (Fsp3) is 0.200. The number of hydrogen-bond donors (Lipinski definition) is 0. The molecule has 138 valence electrons. The molecular weight excluding hydrogens is 362 g/mol. The number of thiazole rings is 1. The maximum Gasteiger partial charge on any atom is 0.272 e. The molecular formula is C20H19N3O3S. The van der Waals surface area contributed by atoms with Crippen LogP contribution in [0.2, 0.25) is 0 Å². The van der Waals surface area contributed by atoms with Gasteiger partial charge in [-0.25, -0.2) is 0 Å². The molecule has 3 rings (SSSR count). The minimum absolute atomic E-state index is 0.0168. The Balaban J connectivity index is 1.93. The number of nitro groups is 1. The van der Waals surface area contributed by atoms with Crippen molar-refractivity contribution < 1.29 is 9.72 Å². The third-order valence-corrected chi connectivity index (χ3v) is 5.39. The maximum absolute atomic E-state index is 12.3. The smallest absolute Gasteiger partial charge is 0.272 e. The van der Waals surface area contributed by atoms with Gasteiger partial charge in [0, 0.05) is 24.8 Å². The second-order valence-electron chi connectivity index (χ2n) is 6.19. The number of nitrogens with zero attached hydrogens (tertiary/aromatic N) is 3. The van der Waals surface area contributed by atoms with Gasteiger partial charge in [0.25, 0.3) is 11.6 Å². The average Bonchev–Trinajstić information content (AvgIpc) is 2.97. The number of non-ortho nitro benzene ring substituents is 1. The molecule has 27 heavy (non-hydrogen) atoms. The van der Waals surface area contributed by atoms with Gasteiger partial charge in [0.2, 0.25) is 0 Å². The van der Waals surface area contributed by atoms with Gasteiger partial charge in [-0.1, -0.05) is 17.4 Å². The summed E-state index contributed by atoms with van der Waals surface area (Å²) in [5.41, 5.74) is 4.16. The van der Waals surface area contributed by atoms with Gasteiger partial charge in [-0.15, -0.1) is 0 Å². The van der Waals surface area contributed by atoms with E-state index in [0.29, 0.717) is 10.4 Å². The summed E-state index contributed by atoms with van der Waals surface area (Å²) in [5.74, 6) is -0.364. The van der Waals surface area contributed by atoms with E-state index < -0.39 is 4.92 Å². The van der Waals surface area contributed by atoms with Crippen LogP contribution in [-0.2, 0) is 11.3 Å². The molecule has 1 aromatic heterocycles. The van der Waals surface area contributed by atoms with E-state index in [4.69, 9.17) is 0 Å². The molecule has 7 heteroatoms. The zero-order valence-electron chi connectivity index (χ0n) is 15.3. The van der Waals surface area contributed by atoms with Crippen molar-refractivity contribution in [1.29, 1.82) is 0 Å². The first-order valence-corrected chi connectivity index (χ1v) is 9.32. The minimum atomic E-state index is -0.456. The molecule has 0 saturated heterocycles. The van der Waals surface area contributed by atoms with E-state index >= 15 is 0 Å². The minimum Gasteiger partial charge on any atom is -0.317 e. The van der Waals surface area contributed by atoms with E-state index in [1.807, 2.05) is 11.5 Å². The lowest BCUT2D eigenvalue weighted by atomic mass is 10.1. The van der Waals surface area contributed by atoms with Crippen LogP contribution in [0.25, 0.3) is 16.3 Å². The molecule has 1 heterocycles. The predicted octanol–water partition coefficient (Wildman–Crippen LogP) is 4.39. The number of amides is 1. The Kier molecular flexibility index (Phi) is 5.32. The van der Waals surface area contributed by atoms with Crippen molar-refractivity contribution in [3.8, 4) is 0 Å². The first-order chi connectivity index (χ1) is 12.9. The predicted molar refractivity (Wildman–Crippen MR) is 108 cm³/mol. The number of fused-ring (bicyclic) bond motifs is 1. The standard InChI is InChI=1S/C20H19N3O3S/c1-4-22-17-12-13(2)11-14(3)19(17)27-20(22)21-18(24)10-7-15-5-8-16(9-6-15)23(25)26/h5-12H,4H2,1-3H3/b10-7-,21-20?. The van der Waals surface area contributed by atoms with Gasteiger partial charge in [0.05, 0.1) is 15.1 Å². The largest absolute Gasteiger partial charge is 0.317 e. The molecule has 0 atom stereocenters. The zero-order valence-corrected chi connectivity index (χ0v) is 16.1. The third-order valence-electron chi connectivity index (χ3n) is 4.16. The normalized spacial score (nSPS) is 12.2.